The maximum absolute atomic E-state index is 12.6. The first-order chi connectivity index (χ1) is 9.75. The molecule has 1 unspecified atom stereocenters. The van der Waals surface area contributed by atoms with Crippen LogP contribution in [-0.2, 0) is 9.84 Å². The predicted octanol–water partition coefficient (Wildman–Crippen LogP) is 0.0359. The smallest absolute Gasteiger partial charge is 0.264 e. The number of aromatic amines is 1. The molecule has 1 aliphatic rings. The minimum absolute atomic E-state index is 0.00764. The number of H-pyrrole nitrogens is 1. The molecule has 116 valence electrons. The van der Waals surface area contributed by atoms with Crippen LogP contribution in [0.15, 0.2) is 4.79 Å². The van der Waals surface area contributed by atoms with E-state index in [0.29, 0.717) is 24.5 Å². The van der Waals surface area contributed by atoms with Gasteiger partial charge < -0.3 is 9.88 Å². The van der Waals surface area contributed by atoms with Gasteiger partial charge in [-0.1, -0.05) is 0 Å². The first kappa shape index (κ1) is 15.7. The third-order valence-electron chi connectivity index (χ3n) is 3.68. The molecular weight excluding hydrogens is 294 g/mol. The van der Waals surface area contributed by atoms with E-state index in [-0.39, 0.29) is 23.1 Å². The summed E-state index contributed by atoms with van der Waals surface area (Å²) >= 11 is 0. The van der Waals surface area contributed by atoms with Crippen molar-refractivity contribution in [3.05, 3.63) is 27.4 Å². The normalized spacial score (nSPS) is 20.4. The third-order valence-corrected chi connectivity index (χ3v) is 5.43. The van der Waals surface area contributed by atoms with E-state index in [0.717, 1.165) is 0 Å². The molecule has 0 radical (unpaired) electrons. The number of carbonyl (C=O) groups excluding carboxylic acids is 1. The fraction of sp³-hybridized carbons (Fsp3) is 0.615. The Balaban J connectivity index is 2.36. The zero-order valence-corrected chi connectivity index (χ0v) is 13.2. The van der Waals surface area contributed by atoms with Crippen molar-refractivity contribution >= 4 is 15.7 Å². The predicted molar refractivity (Wildman–Crippen MR) is 78.1 cm³/mol. The van der Waals surface area contributed by atoms with Crippen molar-refractivity contribution in [3.8, 4) is 0 Å². The lowest BCUT2D eigenvalue weighted by Crippen LogP contribution is -2.43. The highest BCUT2D eigenvalue weighted by atomic mass is 32.2. The molecular formula is C13H19N3O4S. The summed E-state index contributed by atoms with van der Waals surface area (Å²) < 4.78 is 23.2. The van der Waals surface area contributed by atoms with E-state index in [1.54, 1.807) is 20.8 Å². The van der Waals surface area contributed by atoms with Crippen molar-refractivity contribution in [2.45, 2.75) is 33.2 Å². The van der Waals surface area contributed by atoms with Crippen molar-refractivity contribution in [3.63, 3.8) is 0 Å². The number of aromatic nitrogens is 2. The molecule has 0 aliphatic carbocycles. The fourth-order valence-electron chi connectivity index (χ4n) is 2.71. The second-order valence-corrected chi connectivity index (χ2v) is 7.49. The number of nitrogens with one attached hydrogen (secondary N) is 1. The van der Waals surface area contributed by atoms with Gasteiger partial charge in [0.2, 0.25) is 0 Å². The molecule has 8 heteroatoms. The van der Waals surface area contributed by atoms with Crippen LogP contribution < -0.4 is 5.56 Å². The molecule has 1 saturated heterocycles. The van der Waals surface area contributed by atoms with Gasteiger partial charge in [-0.15, -0.1) is 0 Å². The minimum atomic E-state index is -3.09. The van der Waals surface area contributed by atoms with Crippen LogP contribution in [-0.4, -0.2) is 53.3 Å². The lowest BCUT2D eigenvalue weighted by molar-refractivity contribution is 0.0705. The van der Waals surface area contributed by atoms with Gasteiger partial charge >= 0.3 is 0 Å². The van der Waals surface area contributed by atoms with Gasteiger partial charge in [-0.3, -0.25) is 9.59 Å². The van der Waals surface area contributed by atoms with Crippen LogP contribution in [0.4, 0.5) is 0 Å². The van der Waals surface area contributed by atoms with Gasteiger partial charge in [-0.25, -0.2) is 13.4 Å². The Hall–Kier alpha value is -1.70. The molecule has 1 atom stereocenters. The Morgan fingerprint density at radius 3 is 2.57 bits per heavy atom. The summed E-state index contributed by atoms with van der Waals surface area (Å²) in [6.45, 7) is 5.37. The second kappa shape index (κ2) is 5.59. The first-order valence-electron chi connectivity index (χ1n) is 6.84. The van der Waals surface area contributed by atoms with Gasteiger partial charge in [0.15, 0.2) is 9.84 Å². The molecule has 1 aromatic rings. The zero-order valence-electron chi connectivity index (χ0n) is 12.3. The number of hydrogen-bond donors (Lipinski definition) is 1. The number of sulfone groups is 1. The molecule has 1 aromatic heterocycles. The van der Waals surface area contributed by atoms with Crippen LogP contribution in [0, 0.1) is 13.8 Å². The highest BCUT2D eigenvalue weighted by molar-refractivity contribution is 7.91. The molecule has 1 amide bonds. The standard InChI is InChI=1S/C13H19N3O4S/c1-4-16(10-5-6-21(19,20)7-10)13(18)11-8(2)14-9(3)15-12(11)17/h10H,4-7H2,1-3H3,(H,14,15,17). The Morgan fingerprint density at radius 2 is 2.10 bits per heavy atom. The number of carbonyl (C=O) groups is 1. The number of rotatable bonds is 3. The number of amides is 1. The molecule has 1 aliphatic heterocycles. The van der Waals surface area contributed by atoms with Crippen molar-refractivity contribution in [2.75, 3.05) is 18.1 Å². The van der Waals surface area contributed by atoms with Crippen LogP contribution in [0.3, 0.4) is 0 Å². The van der Waals surface area contributed by atoms with E-state index in [4.69, 9.17) is 0 Å². The zero-order chi connectivity index (χ0) is 15.8. The lowest BCUT2D eigenvalue weighted by Gasteiger charge is -2.27. The van der Waals surface area contributed by atoms with E-state index in [9.17, 15) is 18.0 Å². The number of hydrogen-bond acceptors (Lipinski definition) is 5. The molecule has 0 saturated carbocycles. The maximum Gasteiger partial charge on any atom is 0.264 e. The Bertz CT molecular complexity index is 723. The summed E-state index contributed by atoms with van der Waals surface area (Å²) in [6, 6.07) is -0.368. The van der Waals surface area contributed by atoms with E-state index in [2.05, 4.69) is 9.97 Å². The monoisotopic (exact) mass is 313 g/mol. The highest BCUT2D eigenvalue weighted by Crippen LogP contribution is 2.19. The van der Waals surface area contributed by atoms with Crippen LogP contribution in [0.25, 0.3) is 0 Å². The summed E-state index contributed by atoms with van der Waals surface area (Å²) in [5.41, 5.74) is -0.128. The van der Waals surface area contributed by atoms with Crippen LogP contribution in [0.2, 0.25) is 0 Å². The Kier molecular flexibility index (Phi) is 4.18. The van der Waals surface area contributed by atoms with Gasteiger partial charge in [0.1, 0.15) is 11.4 Å². The fourth-order valence-corrected chi connectivity index (χ4v) is 4.44. The lowest BCUT2D eigenvalue weighted by atomic mass is 10.1. The number of nitrogens with zero attached hydrogens (tertiary/aromatic N) is 2. The minimum Gasteiger partial charge on any atom is -0.335 e. The molecule has 2 heterocycles. The molecule has 0 bridgehead atoms. The van der Waals surface area contributed by atoms with Gasteiger partial charge in [0, 0.05) is 12.6 Å². The van der Waals surface area contributed by atoms with Gasteiger partial charge in [0.05, 0.1) is 17.2 Å². The largest absolute Gasteiger partial charge is 0.335 e. The molecule has 1 fully saturated rings. The van der Waals surface area contributed by atoms with Gasteiger partial charge in [-0.2, -0.15) is 0 Å². The van der Waals surface area contributed by atoms with Gasteiger partial charge in [-0.05, 0) is 27.2 Å². The van der Waals surface area contributed by atoms with E-state index in [1.807, 2.05) is 0 Å². The van der Waals surface area contributed by atoms with Crippen molar-refractivity contribution in [1.29, 1.82) is 0 Å². The van der Waals surface area contributed by atoms with E-state index in [1.165, 1.54) is 4.90 Å². The summed E-state index contributed by atoms with van der Waals surface area (Å²) in [7, 11) is -3.09. The molecule has 1 N–H and O–H groups in total. The second-order valence-electron chi connectivity index (χ2n) is 5.26. The summed E-state index contributed by atoms with van der Waals surface area (Å²) in [6.07, 6.45) is 0.415. The van der Waals surface area contributed by atoms with Crippen LogP contribution in [0.1, 0.15) is 35.2 Å². The SMILES string of the molecule is CCN(C(=O)c1c(C)nc(C)[nH]c1=O)C1CCS(=O)(=O)C1. The topological polar surface area (TPSA) is 100 Å². The summed E-state index contributed by atoms with van der Waals surface area (Å²) in [5, 5.41) is 0. The van der Waals surface area contributed by atoms with Crippen molar-refractivity contribution in [2.24, 2.45) is 0 Å². The summed E-state index contributed by atoms with van der Waals surface area (Å²) in [4.78, 5) is 32.7. The van der Waals surface area contributed by atoms with Crippen molar-refractivity contribution < 1.29 is 13.2 Å². The average molecular weight is 313 g/mol. The molecule has 2 rings (SSSR count). The molecule has 0 aromatic carbocycles. The molecule has 0 spiro atoms. The number of aryl methyl sites for hydroxylation is 2. The third kappa shape index (κ3) is 3.15. The van der Waals surface area contributed by atoms with Crippen LogP contribution >= 0.6 is 0 Å². The first-order valence-corrected chi connectivity index (χ1v) is 8.66. The van der Waals surface area contributed by atoms with Crippen LogP contribution in [0.5, 0.6) is 0 Å². The van der Waals surface area contributed by atoms with Gasteiger partial charge in [0.25, 0.3) is 11.5 Å². The summed E-state index contributed by atoms with van der Waals surface area (Å²) in [5.74, 6) is 0.0394. The Morgan fingerprint density at radius 1 is 1.43 bits per heavy atom. The molecule has 7 nitrogen and oxygen atoms in total. The maximum atomic E-state index is 12.6. The van der Waals surface area contributed by atoms with Crippen molar-refractivity contribution in [1.82, 2.24) is 14.9 Å². The van der Waals surface area contributed by atoms with E-state index < -0.39 is 21.3 Å². The van der Waals surface area contributed by atoms with E-state index >= 15 is 0 Å². The Labute approximate surface area is 123 Å². The highest BCUT2D eigenvalue weighted by Gasteiger charge is 2.35. The average Bonchev–Trinajstić information content (AvgIpc) is 2.69. The quantitative estimate of drug-likeness (QED) is 0.849. The molecule has 21 heavy (non-hydrogen) atoms.